The van der Waals surface area contributed by atoms with Crippen molar-refractivity contribution in [2.75, 3.05) is 6.54 Å². The molecule has 106 valence electrons. The molecule has 0 spiro atoms. The Hall–Kier alpha value is -1.92. The molecule has 0 fully saturated rings. The Balaban J connectivity index is 2.19. The van der Waals surface area contributed by atoms with Crippen molar-refractivity contribution in [3.63, 3.8) is 0 Å². The predicted molar refractivity (Wildman–Crippen MR) is 76.8 cm³/mol. The first kappa shape index (κ1) is 14.5. The zero-order valence-corrected chi connectivity index (χ0v) is 11.8. The van der Waals surface area contributed by atoms with Crippen molar-refractivity contribution in [2.24, 2.45) is 0 Å². The van der Waals surface area contributed by atoms with Crippen molar-refractivity contribution in [1.82, 2.24) is 14.9 Å². The van der Waals surface area contributed by atoms with Crippen LogP contribution in [0.25, 0.3) is 0 Å². The molecule has 6 nitrogen and oxygen atoms in total. The first-order valence-electron chi connectivity index (χ1n) is 6.24. The molecule has 0 aliphatic heterocycles. The summed E-state index contributed by atoms with van der Waals surface area (Å²) in [4.78, 5) is 14.8. The van der Waals surface area contributed by atoms with E-state index in [0.717, 1.165) is 12.2 Å². The third-order valence-electron chi connectivity index (χ3n) is 2.83. The first-order chi connectivity index (χ1) is 9.60. The molecule has 1 N–H and O–H groups in total. The summed E-state index contributed by atoms with van der Waals surface area (Å²) in [7, 11) is 0. The van der Waals surface area contributed by atoms with Crippen molar-refractivity contribution in [2.45, 2.75) is 20.0 Å². The SMILES string of the molecule is CCNCc1cn(Cc2cc(Cl)ccc2[N+](=O)[O-])cn1. The fourth-order valence-corrected chi connectivity index (χ4v) is 2.09. The van der Waals surface area contributed by atoms with Crippen molar-refractivity contribution in [1.29, 1.82) is 0 Å². The van der Waals surface area contributed by atoms with Crippen molar-refractivity contribution in [3.05, 3.63) is 57.1 Å². The highest BCUT2D eigenvalue weighted by atomic mass is 35.5. The Morgan fingerprint density at radius 3 is 3.00 bits per heavy atom. The maximum absolute atomic E-state index is 11.0. The normalized spacial score (nSPS) is 10.7. The molecular formula is C13H15ClN4O2. The van der Waals surface area contributed by atoms with Crippen molar-refractivity contribution >= 4 is 17.3 Å². The maximum atomic E-state index is 11.0. The molecule has 0 aliphatic rings. The minimum absolute atomic E-state index is 0.0660. The smallest absolute Gasteiger partial charge is 0.274 e. The lowest BCUT2D eigenvalue weighted by atomic mass is 10.2. The lowest BCUT2D eigenvalue weighted by molar-refractivity contribution is -0.385. The van der Waals surface area contributed by atoms with Gasteiger partial charge in [0.2, 0.25) is 0 Å². The molecule has 0 bridgehead atoms. The molecule has 0 unspecified atom stereocenters. The summed E-state index contributed by atoms with van der Waals surface area (Å²) in [5.74, 6) is 0. The highest BCUT2D eigenvalue weighted by molar-refractivity contribution is 6.30. The summed E-state index contributed by atoms with van der Waals surface area (Å²) in [6, 6.07) is 4.56. The second-order valence-corrected chi connectivity index (χ2v) is 4.78. The minimum Gasteiger partial charge on any atom is -0.332 e. The van der Waals surface area contributed by atoms with Crippen LogP contribution in [0.1, 0.15) is 18.2 Å². The average molecular weight is 295 g/mol. The fourth-order valence-electron chi connectivity index (χ4n) is 1.89. The quantitative estimate of drug-likeness (QED) is 0.656. The van der Waals surface area contributed by atoms with Gasteiger partial charge >= 0.3 is 0 Å². The van der Waals surface area contributed by atoms with Crippen LogP contribution in [0.3, 0.4) is 0 Å². The summed E-state index contributed by atoms with van der Waals surface area (Å²) in [6.07, 6.45) is 3.53. The van der Waals surface area contributed by atoms with E-state index in [2.05, 4.69) is 10.3 Å². The molecular weight excluding hydrogens is 280 g/mol. The zero-order chi connectivity index (χ0) is 14.5. The summed E-state index contributed by atoms with van der Waals surface area (Å²) in [5, 5.41) is 14.7. The van der Waals surface area contributed by atoms with Gasteiger partial charge in [0.25, 0.3) is 5.69 Å². The first-order valence-corrected chi connectivity index (χ1v) is 6.62. The van der Waals surface area contributed by atoms with Gasteiger partial charge in [-0.3, -0.25) is 10.1 Å². The summed E-state index contributed by atoms with van der Waals surface area (Å²) in [5.41, 5.74) is 1.53. The zero-order valence-electron chi connectivity index (χ0n) is 11.0. The van der Waals surface area contributed by atoms with Crippen LogP contribution in [0.2, 0.25) is 5.02 Å². The summed E-state index contributed by atoms with van der Waals surface area (Å²) < 4.78 is 1.81. The molecule has 0 saturated heterocycles. The third-order valence-corrected chi connectivity index (χ3v) is 3.07. The van der Waals surface area contributed by atoms with E-state index in [4.69, 9.17) is 11.6 Å². The topological polar surface area (TPSA) is 73.0 Å². The summed E-state index contributed by atoms with van der Waals surface area (Å²) >= 11 is 5.90. The highest BCUT2D eigenvalue weighted by Crippen LogP contribution is 2.23. The number of nitro groups is 1. The maximum Gasteiger partial charge on any atom is 0.274 e. The van der Waals surface area contributed by atoms with Crippen LogP contribution in [0.4, 0.5) is 5.69 Å². The Labute approximate surface area is 121 Å². The van der Waals surface area contributed by atoms with Crippen molar-refractivity contribution in [3.8, 4) is 0 Å². The molecule has 0 aliphatic carbocycles. The van der Waals surface area contributed by atoms with Crippen LogP contribution < -0.4 is 5.32 Å². The van der Waals surface area contributed by atoms with E-state index in [0.29, 0.717) is 23.7 Å². The van der Waals surface area contributed by atoms with Gasteiger partial charge in [-0.25, -0.2) is 4.98 Å². The van der Waals surface area contributed by atoms with Gasteiger partial charge in [-0.05, 0) is 18.7 Å². The monoisotopic (exact) mass is 294 g/mol. The molecule has 20 heavy (non-hydrogen) atoms. The number of nitrogens with one attached hydrogen (secondary N) is 1. The van der Waals surface area contributed by atoms with E-state index in [1.165, 1.54) is 12.1 Å². The Bertz CT molecular complexity index is 612. The van der Waals surface area contributed by atoms with Gasteiger partial charge in [-0.15, -0.1) is 0 Å². The van der Waals surface area contributed by atoms with Gasteiger partial charge in [-0.2, -0.15) is 0 Å². The van der Waals surface area contributed by atoms with E-state index in [1.807, 2.05) is 17.7 Å². The fraction of sp³-hybridized carbons (Fsp3) is 0.308. The number of hydrogen-bond acceptors (Lipinski definition) is 4. The number of aromatic nitrogens is 2. The molecule has 0 atom stereocenters. The van der Waals surface area contributed by atoms with E-state index >= 15 is 0 Å². The van der Waals surface area contributed by atoms with Gasteiger partial charge in [0.1, 0.15) is 0 Å². The van der Waals surface area contributed by atoms with Gasteiger partial charge in [0.15, 0.2) is 0 Å². The van der Waals surface area contributed by atoms with Gasteiger partial charge < -0.3 is 9.88 Å². The van der Waals surface area contributed by atoms with Crippen molar-refractivity contribution < 1.29 is 4.92 Å². The lowest BCUT2D eigenvalue weighted by Gasteiger charge is -2.04. The van der Waals surface area contributed by atoms with Gasteiger partial charge in [-0.1, -0.05) is 18.5 Å². The largest absolute Gasteiger partial charge is 0.332 e. The van der Waals surface area contributed by atoms with Crippen LogP contribution in [-0.4, -0.2) is 21.0 Å². The molecule has 0 amide bonds. The average Bonchev–Trinajstić information content (AvgIpc) is 2.83. The molecule has 0 saturated carbocycles. The predicted octanol–water partition coefficient (Wildman–Crippen LogP) is 2.60. The Morgan fingerprint density at radius 2 is 2.30 bits per heavy atom. The van der Waals surface area contributed by atoms with E-state index < -0.39 is 4.92 Å². The van der Waals surface area contributed by atoms with Gasteiger partial charge in [0.05, 0.1) is 29.1 Å². The van der Waals surface area contributed by atoms with Crippen LogP contribution in [0.5, 0.6) is 0 Å². The number of imidazole rings is 1. The Kier molecular flexibility index (Phi) is 4.70. The van der Waals surface area contributed by atoms with E-state index in [1.54, 1.807) is 12.4 Å². The van der Waals surface area contributed by atoms with Crippen LogP contribution >= 0.6 is 11.6 Å². The molecule has 7 heteroatoms. The molecule has 2 rings (SSSR count). The van der Waals surface area contributed by atoms with Crippen LogP contribution in [-0.2, 0) is 13.1 Å². The van der Waals surface area contributed by atoms with E-state index in [9.17, 15) is 10.1 Å². The molecule has 1 heterocycles. The molecule has 1 aromatic heterocycles. The summed E-state index contributed by atoms with van der Waals surface area (Å²) in [6.45, 7) is 3.94. The number of halogens is 1. The van der Waals surface area contributed by atoms with Crippen LogP contribution in [0, 0.1) is 10.1 Å². The van der Waals surface area contributed by atoms with Crippen LogP contribution in [0.15, 0.2) is 30.7 Å². The highest BCUT2D eigenvalue weighted by Gasteiger charge is 2.14. The number of nitrogens with zero attached hydrogens (tertiary/aromatic N) is 3. The Morgan fingerprint density at radius 1 is 1.50 bits per heavy atom. The minimum atomic E-state index is -0.401. The number of rotatable bonds is 6. The number of benzene rings is 1. The molecule has 1 aromatic carbocycles. The van der Waals surface area contributed by atoms with E-state index in [-0.39, 0.29) is 5.69 Å². The second kappa shape index (κ2) is 6.49. The second-order valence-electron chi connectivity index (χ2n) is 4.35. The number of nitro benzene ring substituents is 1. The molecule has 2 aromatic rings. The number of hydrogen-bond donors (Lipinski definition) is 1. The third kappa shape index (κ3) is 3.55. The standard InChI is InChI=1S/C13H15ClN4O2/c1-2-15-6-12-8-17(9-16-12)7-10-5-11(14)3-4-13(10)18(19)20/h3-5,8-9,15H,2,6-7H2,1H3. The lowest BCUT2D eigenvalue weighted by Crippen LogP contribution is -2.11. The molecule has 0 radical (unpaired) electrons. The van der Waals surface area contributed by atoms with Gasteiger partial charge in [0, 0.05) is 23.8 Å².